The summed E-state index contributed by atoms with van der Waals surface area (Å²) in [6, 6.07) is 14.7. The van der Waals surface area contributed by atoms with Crippen LogP contribution in [0.25, 0.3) is 0 Å². The zero-order valence-corrected chi connectivity index (χ0v) is 18.0. The maximum atomic E-state index is 13.5. The second kappa shape index (κ2) is 7.63. The highest BCUT2D eigenvalue weighted by atomic mass is 16.2. The summed E-state index contributed by atoms with van der Waals surface area (Å²) in [6.45, 7) is 3.91. The lowest BCUT2D eigenvalue weighted by molar-refractivity contribution is -0.147. The molecule has 1 heterocycles. The van der Waals surface area contributed by atoms with Crippen molar-refractivity contribution in [1.82, 2.24) is 4.90 Å². The van der Waals surface area contributed by atoms with Crippen LogP contribution in [0.15, 0.2) is 48.5 Å². The second-order valence-corrected chi connectivity index (χ2v) is 9.44. The molecule has 5 atom stereocenters. The third-order valence-electron chi connectivity index (χ3n) is 7.50. The van der Waals surface area contributed by atoms with E-state index in [0.717, 1.165) is 41.6 Å². The van der Waals surface area contributed by atoms with Gasteiger partial charge in [-0.15, -0.1) is 0 Å². The van der Waals surface area contributed by atoms with Gasteiger partial charge in [-0.2, -0.15) is 0 Å². The molecule has 1 aliphatic heterocycles. The molecule has 2 aromatic carbocycles. The number of aryl methyl sites for hydroxylation is 2. The SMILES string of the molecule is Cc1ccc(C)c(NC(=O)[C@H](Cc2ccccc2)N2C(=O)[C@@H]3[C@@H]4CC[C@@H](C4)[C@@H]3C2=O)c1. The molecule has 5 heteroatoms. The van der Waals surface area contributed by atoms with Gasteiger partial charge in [0, 0.05) is 12.1 Å². The Hall–Kier alpha value is -2.95. The zero-order chi connectivity index (χ0) is 21.7. The normalized spacial score (nSPS) is 27.5. The van der Waals surface area contributed by atoms with E-state index in [-0.39, 0.29) is 29.6 Å². The van der Waals surface area contributed by atoms with Gasteiger partial charge in [-0.1, -0.05) is 42.5 Å². The number of hydrogen-bond acceptors (Lipinski definition) is 3. The standard InChI is InChI=1S/C26H28N2O3/c1-15-8-9-16(2)20(12-15)27-24(29)21(13-17-6-4-3-5-7-17)28-25(30)22-18-10-11-19(14-18)23(22)26(28)31/h3-9,12,18-19,21-23H,10-11,13-14H2,1-2H3,(H,27,29)/t18-,19+,21-,22-,23+/m0/s1. The van der Waals surface area contributed by atoms with Crippen molar-refractivity contribution in [3.63, 3.8) is 0 Å². The van der Waals surface area contributed by atoms with Gasteiger partial charge in [0.2, 0.25) is 17.7 Å². The molecule has 2 aromatic rings. The molecule has 0 unspecified atom stereocenters. The Morgan fingerprint density at radius 2 is 1.65 bits per heavy atom. The van der Waals surface area contributed by atoms with E-state index in [4.69, 9.17) is 0 Å². The first-order valence-corrected chi connectivity index (χ1v) is 11.2. The maximum absolute atomic E-state index is 13.5. The number of nitrogens with one attached hydrogen (secondary N) is 1. The second-order valence-electron chi connectivity index (χ2n) is 9.44. The number of hydrogen-bond donors (Lipinski definition) is 1. The highest BCUT2D eigenvalue weighted by Gasteiger charge is 2.62. The Morgan fingerprint density at radius 1 is 1.00 bits per heavy atom. The molecule has 5 nitrogen and oxygen atoms in total. The molecule has 2 bridgehead atoms. The minimum atomic E-state index is -0.840. The molecule has 0 spiro atoms. The van der Waals surface area contributed by atoms with Gasteiger partial charge in [0.1, 0.15) is 6.04 Å². The fourth-order valence-electron chi connectivity index (χ4n) is 5.96. The van der Waals surface area contributed by atoms with Crippen molar-refractivity contribution in [2.45, 2.75) is 45.6 Å². The number of rotatable bonds is 5. The molecule has 5 rings (SSSR count). The van der Waals surface area contributed by atoms with Crippen LogP contribution in [-0.4, -0.2) is 28.7 Å². The molecule has 0 aromatic heterocycles. The minimum absolute atomic E-state index is 0.140. The van der Waals surface area contributed by atoms with Crippen molar-refractivity contribution < 1.29 is 14.4 Å². The molecule has 0 radical (unpaired) electrons. The van der Waals surface area contributed by atoms with Crippen molar-refractivity contribution in [2.24, 2.45) is 23.7 Å². The average Bonchev–Trinajstić information content (AvgIpc) is 3.44. The molecule has 2 aliphatic carbocycles. The Morgan fingerprint density at radius 3 is 2.29 bits per heavy atom. The summed E-state index contributed by atoms with van der Waals surface area (Å²) in [5.41, 5.74) is 3.65. The van der Waals surface area contributed by atoms with Gasteiger partial charge in [0.25, 0.3) is 0 Å². The number of carbonyl (C=O) groups excluding carboxylic acids is 3. The van der Waals surface area contributed by atoms with Crippen LogP contribution in [0, 0.1) is 37.5 Å². The van der Waals surface area contributed by atoms with Gasteiger partial charge in [-0.3, -0.25) is 19.3 Å². The summed E-state index contributed by atoms with van der Waals surface area (Å²) in [5, 5.41) is 3.01. The largest absolute Gasteiger partial charge is 0.324 e. The molecule has 2 saturated carbocycles. The summed E-state index contributed by atoms with van der Waals surface area (Å²) in [6.07, 6.45) is 3.36. The topological polar surface area (TPSA) is 66.5 Å². The van der Waals surface area contributed by atoms with Gasteiger partial charge >= 0.3 is 0 Å². The lowest BCUT2D eigenvalue weighted by Gasteiger charge is -2.27. The predicted octanol–water partition coefficient (Wildman–Crippen LogP) is 3.88. The highest BCUT2D eigenvalue weighted by Crippen LogP contribution is 2.56. The smallest absolute Gasteiger partial charge is 0.248 e. The van der Waals surface area contributed by atoms with Crippen molar-refractivity contribution >= 4 is 23.4 Å². The summed E-state index contributed by atoms with van der Waals surface area (Å²) in [7, 11) is 0. The average molecular weight is 417 g/mol. The summed E-state index contributed by atoms with van der Waals surface area (Å²) >= 11 is 0. The summed E-state index contributed by atoms with van der Waals surface area (Å²) in [5.74, 6) is -0.423. The van der Waals surface area contributed by atoms with Crippen LogP contribution in [0.4, 0.5) is 5.69 Å². The molecule has 3 fully saturated rings. The number of amides is 3. The van der Waals surface area contributed by atoms with E-state index in [9.17, 15) is 14.4 Å². The van der Waals surface area contributed by atoms with Crippen LogP contribution in [0.2, 0.25) is 0 Å². The first-order chi connectivity index (χ1) is 14.9. The predicted molar refractivity (Wildman–Crippen MR) is 118 cm³/mol. The first-order valence-electron chi connectivity index (χ1n) is 11.2. The molecular formula is C26H28N2O3. The molecule has 160 valence electrons. The van der Waals surface area contributed by atoms with E-state index in [2.05, 4.69) is 5.32 Å². The van der Waals surface area contributed by atoms with Crippen LogP contribution >= 0.6 is 0 Å². The van der Waals surface area contributed by atoms with Gasteiger partial charge in [0.05, 0.1) is 11.8 Å². The third-order valence-corrected chi connectivity index (χ3v) is 7.50. The lowest BCUT2D eigenvalue weighted by Crippen LogP contribution is -2.49. The van der Waals surface area contributed by atoms with Crippen LogP contribution in [-0.2, 0) is 20.8 Å². The monoisotopic (exact) mass is 416 g/mol. The number of anilines is 1. The number of fused-ring (bicyclic) bond motifs is 5. The third kappa shape index (κ3) is 3.36. The molecule has 1 N–H and O–H groups in total. The summed E-state index contributed by atoms with van der Waals surface area (Å²) in [4.78, 5) is 41.7. The molecule has 1 saturated heterocycles. The Labute approximate surface area is 182 Å². The van der Waals surface area contributed by atoms with Crippen LogP contribution in [0.3, 0.4) is 0 Å². The fraction of sp³-hybridized carbons (Fsp3) is 0.423. The minimum Gasteiger partial charge on any atom is -0.324 e. The maximum Gasteiger partial charge on any atom is 0.248 e. The lowest BCUT2D eigenvalue weighted by atomic mass is 9.81. The van der Waals surface area contributed by atoms with Gasteiger partial charge in [-0.25, -0.2) is 0 Å². The van der Waals surface area contributed by atoms with Crippen molar-refractivity contribution in [1.29, 1.82) is 0 Å². The Kier molecular flexibility index (Phi) is 4.92. The number of imide groups is 1. The molecule has 31 heavy (non-hydrogen) atoms. The van der Waals surface area contributed by atoms with Gasteiger partial charge < -0.3 is 5.32 Å². The number of benzene rings is 2. The van der Waals surface area contributed by atoms with E-state index in [1.807, 2.05) is 62.4 Å². The van der Waals surface area contributed by atoms with Crippen molar-refractivity contribution in [3.8, 4) is 0 Å². The summed E-state index contributed by atoms with van der Waals surface area (Å²) < 4.78 is 0. The van der Waals surface area contributed by atoms with E-state index < -0.39 is 6.04 Å². The van der Waals surface area contributed by atoms with E-state index in [1.54, 1.807) is 0 Å². The number of carbonyl (C=O) groups is 3. The van der Waals surface area contributed by atoms with E-state index in [1.165, 1.54) is 4.90 Å². The van der Waals surface area contributed by atoms with Crippen LogP contribution in [0.5, 0.6) is 0 Å². The highest BCUT2D eigenvalue weighted by molar-refractivity contribution is 6.10. The quantitative estimate of drug-likeness (QED) is 0.752. The van der Waals surface area contributed by atoms with Crippen molar-refractivity contribution in [2.75, 3.05) is 5.32 Å². The van der Waals surface area contributed by atoms with Crippen LogP contribution in [0.1, 0.15) is 36.0 Å². The molecule has 3 amide bonds. The van der Waals surface area contributed by atoms with E-state index in [0.29, 0.717) is 18.3 Å². The number of likely N-dealkylation sites (tertiary alicyclic amines) is 1. The zero-order valence-electron chi connectivity index (χ0n) is 18.0. The molecular weight excluding hydrogens is 388 g/mol. The van der Waals surface area contributed by atoms with Crippen molar-refractivity contribution in [3.05, 3.63) is 65.2 Å². The molecule has 3 aliphatic rings. The fourth-order valence-corrected chi connectivity index (χ4v) is 5.96. The Bertz CT molecular complexity index is 1020. The van der Waals surface area contributed by atoms with Crippen LogP contribution < -0.4 is 5.32 Å². The first kappa shape index (κ1) is 20.0. The van der Waals surface area contributed by atoms with Gasteiger partial charge in [-0.05, 0) is 67.7 Å². The number of nitrogens with zero attached hydrogens (tertiary/aromatic N) is 1. The van der Waals surface area contributed by atoms with E-state index >= 15 is 0 Å². The Balaban J connectivity index is 1.47. The van der Waals surface area contributed by atoms with Gasteiger partial charge in [0.15, 0.2) is 0 Å².